The zero-order valence-electron chi connectivity index (χ0n) is 26.3. The quantitative estimate of drug-likeness (QED) is 0.147. The van der Waals surface area contributed by atoms with Gasteiger partial charge in [-0.2, -0.15) is 26.3 Å². The van der Waals surface area contributed by atoms with Gasteiger partial charge in [-0.3, -0.25) is 19.9 Å². The van der Waals surface area contributed by atoms with E-state index < -0.39 is 33.3 Å². The van der Waals surface area contributed by atoms with Crippen LogP contribution < -0.4 is 0 Å². The summed E-state index contributed by atoms with van der Waals surface area (Å²) in [7, 11) is -3.51. The number of halogens is 6. The summed E-state index contributed by atoms with van der Waals surface area (Å²) in [6.45, 7) is 7.31. The predicted molar refractivity (Wildman–Crippen MR) is 174 cm³/mol. The number of fused-ring (bicyclic) bond motifs is 2. The van der Waals surface area contributed by atoms with Crippen LogP contribution in [-0.2, 0) is 35.0 Å². The summed E-state index contributed by atoms with van der Waals surface area (Å²) in [5, 5.41) is 0. The first-order chi connectivity index (χ1) is 22.5. The van der Waals surface area contributed by atoms with Gasteiger partial charge in [0.2, 0.25) is 0 Å². The summed E-state index contributed by atoms with van der Waals surface area (Å²) in [6.07, 6.45) is 0.200. The van der Waals surface area contributed by atoms with E-state index in [1.54, 1.807) is 43.2 Å². The number of hydrogen-bond acceptors (Lipinski definition) is 7. The third-order valence-corrected chi connectivity index (χ3v) is 10.3. The van der Waals surface area contributed by atoms with Crippen LogP contribution in [0.4, 0.5) is 26.3 Å². The molecule has 0 saturated heterocycles. The van der Waals surface area contributed by atoms with Gasteiger partial charge < -0.3 is 0 Å². The van der Waals surface area contributed by atoms with Crippen molar-refractivity contribution in [2.24, 2.45) is 0 Å². The lowest BCUT2D eigenvalue weighted by atomic mass is 10.1. The van der Waals surface area contributed by atoms with E-state index in [0.29, 0.717) is 40.1 Å². The molecule has 4 heterocycles. The topological polar surface area (TPSA) is 85.7 Å². The number of nitrogens with zero attached hydrogens (tertiary/aromatic N) is 4. The number of pyridine rings is 4. The third-order valence-electron chi connectivity index (χ3n) is 7.64. The maximum Gasteiger partial charge on any atom is 0.417 e. The second-order valence-electron chi connectivity index (χ2n) is 11.3. The Labute approximate surface area is 278 Å². The van der Waals surface area contributed by atoms with Crippen molar-refractivity contribution < 1.29 is 34.8 Å². The monoisotopic (exact) mass is 704 g/mol. The van der Waals surface area contributed by atoms with Crippen LogP contribution in [-0.4, -0.2) is 39.9 Å². The minimum Gasteiger partial charge on any atom is -0.256 e. The lowest BCUT2D eigenvalue weighted by Crippen LogP contribution is -2.09. The lowest BCUT2D eigenvalue weighted by molar-refractivity contribution is -0.138. The fourth-order valence-electron chi connectivity index (χ4n) is 5.27. The van der Waals surface area contributed by atoms with Gasteiger partial charge in [-0.1, -0.05) is 13.8 Å². The van der Waals surface area contributed by atoms with Gasteiger partial charge in [0, 0.05) is 42.5 Å². The zero-order valence-corrected chi connectivity index (χ0v) is 27.9. The molecule has 0 N–H and O–H groups in total. The zero-order chi connectivity index (χ0) is 35.0. The number of hydrogen-bond donors (Lipinski definition) is 0. The van der Waals surface area contributed by atoms with Gasteiger partial charge in [-0.25, -0.2) is 8.42 Å². The smallest absolute Gasteiger partial charge is 0.256 e. The normalized spacial score (nSPS) is 14.1. The van der Waals surface area contributed by atoms with Gasteiger partial charge in [0.05, 0.1) is 44.6 Å². The first-order valence-corrected chi connectivity index (χ1v) is 17.5. The van der Waals surface area contributed by atoms with E-state index in [1.165, 1.54) is 13.0 Å². The van der Waals surface area contributed by atoms with E-state index in [0.717, 1.165) is 45.9 Å². The second-order valence-corrected chi connectivity index (χ2v) is 14.8. The van der Waals surface area contributed by atoms with Crippen LogP contribution in [0.5, 0.6) is 0 Å². The Kier molecular flexibility index (Phi) is 9.89. The molecule has 0 aliphatic heterocycles. The molecular formula is C34H30F6N4O2S2. The fraction of sp³-hybridized carbons (Fsp3) is 0.294. The molecule has 4 aromatic rings. The molecule has 0 aromatic carbocycles. The molecule has 0 radical (unpaired) electrons. The predicted octanol–water partition coefficient (Wildman–Crippen LogP) is 8.71. The summed E-state index contributed by atoms with van der Waals surface area (Å²) >= 11 is 1.69. The van der Waals surface area contributed by atoms with Crippen molar-refractivity contribution in [2.45, 2.75) is 62.7 Å². The molecule has 0 spiro atoms. The molecule has 0 fully saturated rings. The van der Waals surface area contributed by atoms with E-state index in [-0.39, 0.29) is 22.8 Å². The van der Waals surface area contributed by atoms with E-state index in [2.05, 4.69) is 32.9 Å². The average Bonchev–Trinajstić information content (AvgIpc) is 3.64. The molecule has 2 aliphatic rings. The number of aryl methyl sites for hydroxylation is 2. The van der Waals surface area contributed by atoms with E-state index in [4.69, 9.17) is 0 Å². The van der Waals surface area contributed by atoms with Gasteiger partial charge in [-0.15, -0.1) is 11.8 Å². The standard InChI is InChI=1S/C17H15F3N2O2S.C17H15F3N2S/c1-3-25(23,24)15-4-10(2)8-22-16(15)12-5-11-6-13(17(18,19)20)9-21-14(11)7-12;1-3-23-15-4-10(2)8-22-16(15)12-5-11-6-13(17(18,19)20)9-21-14(11)7-12/h4,6-9H,3,5H2,1-2H3;4,6-9H,3,5H2,1-2H3. The highest BCUT2D eigenvalue weighted by Crippen LogP contribution is 2.39. The Bertz CT molecular complexity index is 2060. The Morgan fingerprint density at radius 3 is 1.65 bits per heavy atom. The number of rotatable bonds is 6. The molecule has 6 rings (SSSR count). The van der Waals surface area contributed by atoms with E-state index >= 15 is 0 Å². The van der Waals surface area contributed by atoms with Crippen LogP contribution in [0.15, 0.2) is 58.8 Å². The fourth-order valence-corrected chi connectivity index (χ4v) is 7.32. The lowest BCUT2D eigenvalue weighted by Gasteiger charge is -2.10. The van der Waals surface area contributed by atoms with Crippen molar-refractivity contribution in [3.63, 3.8) is 0 Å². The number of thioether (sulfide) groups is 1. The Morgan fingerprint density at radius 1 is 0.688 bits per heavy atom. The van der Waals surface area contributed by atoms with Crippen molar-refractivity contribution in [1.82, 2.24) is 19.9 Å². The Morgan fingerprint density at radius 2 is 1.17 bits per heavy atom. The van der Waals surface area contributed by atoms with Crippen molar-refractivity contribution in [3.8, 4) is 0 Å². The van der Waals surface area contributed by atoms with E-state index in [9.17, 15) is 34.8 Å². The molecule has 2 aliphatic carbocycles. The van der Waals surface area contributed by atoms with Gasteiger partial charge in [-0.05, 0) is 89.4 Å². The minimum atomic E-state index is -4.47. The molecule has 0 saturated carbocycles. The molecule has 0 bridgehead atoms. The highest BCUT2D eigenvalue weighted by molar-refractivity contribution is 7.99. The van der Waals surface area contributed by atoms with Gasteiger partial charge in [0.15, 0.2) is 9.84 Å². The minimum absolute atomic E-state index is 0.0815. The molecule has 4 aromatic heterocycles. The van der Waals surface area contributed by atoms with Crippen LogP contribution in [0.1, 0.15) is 70.0 Å². The van der Waals surface area contributed by atoms with Crippen LogP contribution in [0, 0.1) is 13.8 Å². The number of aromatic nitrogens is 4. The molecule has 6 nitrogen and oxygen atoms in total. The summed E-state index contributed by atoms with van der Waals surface area (Å²) in [5.74, 6) is 0.830. The first-order valence-electron chi connectivity index (χ1n) is 14.8. The van der Waals surface area contributed by atoms with Crippen LogP contribution in [0.3, 0.4) is 0 Å². The molecule has 0 atom stereocenters. The highest BCUT2D eigenvalue weighted by atomic mass is 32.2. The van der Waals surface area contributed by atoms with Crippen molar-refractivity contribution in [3.05, 3.63) is 105 Å². The maximum absolute atomic E-state index is 12.8. The molecule has 14 heteroatoms. The molecule has 252 valence electrons. The Balaban J connectivity index is 0.000000188. The van der Waals surface area contributed by atoms with Gasteiger partial charge in [0.25, 0.3) is 0 Å². The summed E-state index contributed by atoms with van der Waals surface area (Å²) in [4.78, 5) is 17.7. The number of allylic oxidation sites excluding steroid dienone is 2. The molecule has 0 unspecified atom stereocenters. The van der Waals surface area contributed by atoms with Crippen LogP contribution in [0.2, 0.25) is 0 Å². The molecule has 0 amide bonds. The van der Waals surface area contributed by atoms with Gasteiger partial charge >= 0.3 is 12.4 Å². The second kappa shape index (κ2) is 13.5. The van der Waals surface area contributed by atoms with Crippen molar-refractivity contribution in [1.29, 1.82) is 0 Å². The Hall–Kier alpha value is -4.04. The van der Waals surface area contributed by atoms with Crippen LogP contribution in [0.25, 0.3) is 23.3 Å². The summed E-state index contributed by atoms with van der Waals surface area (Å²) in [5.41, 5.74) is 4.85. The average molecular weight is 705 g/mol. The molecular weight excluding hydrogens is 675 g/mol. The van der Waals surface area contributed by atoms with E-state index in [1.807, 2.05) is 13.0 Å². The molecule has 48 heavy (non-hydrogen) atoms. The number of alkyl halides is 6. The number of sulfone groups is 1. The maximum atomic E-state index is 12.8. The summed E-state index contributed by atoms with van der Waals surface area (Å²) < 4.78 is 102. The highest BCUT2D eigenvalue weighted by Gasteiger charge is 2.34. The SMILES string of the molecule is CCS(=O)(=O)c1cc(C)cnc1C1=Cc2ncc(C(F)(F)F)cc2C1.CCSc1cc(C)cnc1C1=Cc2ncc(C(F)(F)F)cc2C1. The van der Waals surface area contributed by atoms with Gasteiger partial charge in [0.1, 0.15) is 0 Å². The van der Waals surface area contributed by atoms with Crippen molar-refractivity contribution >= 4 is 44.9 Å². The first kappa shape index (κ1) is 35.3. The summed E-state index contributed by atoms with van der Waals surface area (Å²) in [6, 6.07) is 5.84. The third kappa shape index (κ3) is 7.64. The van der Waals surface area contributed by atoms with Crippen LogP contribution >= 0.6 is 11.8 Å². The largest absolute Gasteiger partial charge is 0.417 e. The van der Waals surface area contributed by atoms with Crippen molar-refractivity contribution in [2.75, 3.05) is 11.5 Å².